The van der Waals surface area contributed by atoms with Gasteiger partial charge in [-0.15, -0.1) is 0 Å². The normalized spacial score (nSPS) is 25.4. The third kappa shape index (κ3) is 1.88. The van der Waals surface area contributed by atoms with E-state index in [1.165, 1.54) is 4.90 Å². The van der Waals surface area contributed by atoms with Gasteiger partial charge in [0, 0.05) is 6.54 Å². The molecule has 1 rings (SSSR count). The highest BCUT2D eigenvalue weighted by Crippen LogP contribution is 2.30. The van der Waals surface area contributed by atoms with Crippen molar-refractivity contribution in [3.8, 4) is 0 Å². The van der Waals surface area contributed by atoms with Crippen molar-refractivity contribution in [2.24, 2.45) is 0 Å². The van der Waals surface area contributed by atoms with Crippen molar-refractivity contribution in [3.05, 3.63) is 12.7 Å². The molecule has 0 saturated carbocycles. The fraction of sp³-hybridized carbons (Fsp3) is 0.625. The number of epoxide rings is 1. The lowest BCUT2D eigenvalue weighted by atomic mass is 10.2. The lowest BCUT2D eigenvalue weighted by Crippen LogP contribution is -2.46. The van der Waals surface area contributed by atoms with Crippen LogP contribution in [-0.4, -0.2) is 53.1 Å². The summed E-state index contributed by atoms with van der Waals surface area (Å²) in [5, 5.41) is 17.7. The third-order valence-electron chi connectivity index (χ3n) is 1.98. The molecule has 0 aromatic heterocycles. The number of aliphatic hydroxyl groups excluding tert-OH is 2. The summed E-state index contributed by atoms with van der Waals surface area (Å²) in [5.74, 6) is -0.347. The highest BCUT2D eigenvalue weighted by molar-refractivity contribution is 5.87. The summed E-state index contributed by atoms with van der Waals surface area (Å²) < 4.78 is 4.98. The number of hydrogen-bond donors (Lipinski definition) is 2. The molecule has 1 saturated heterocycles. The number of carbonyl (C=O) groups excluding carboxylic acids is 1. The van der Waals surface area contributed by atoms with Crippen LogP contribution in [0.3, 0.4) is 0 Å². The molecule has 1 aliphatic heterocycles. The molecule has 2 N–H and O–H groups in total. The molecule has 0 spiro atoms. The van der Waals surface area contributed by atoms with Crippen molar-refractivity contribution in [3.63, 3.8) is 0 Å². The van der Waals surface area contributed by atoms with E-state index in [2.05, 4.69) is 6.58 Å². The van der Waals surface area contributed by atoms with E-state index in [-0.39, 0.29) is 25.7 Å². The van der Waals surface area contributed by atoms with Crippen molar-refractivity contribution in [1.29, 1.82) is 0 Å². The summed E-state index contributed by atoms with van der Waals surface area (Å²) in [7, 11) is 0. The van der Waals surface area contributed by atoms with E-state index in [1.807, 2.05) is 0 Å². The first-order valence-electron chi connectivity index (χ1n) is 4.00. The van der Waals surface area contributed by atoms with E-state index in [0.717, 1.165) is 6.08 Å². The van der Waals surface area contributed by atoms with Gasteiger partial charge in [-0.3, -0.25) is 4.79 Å². The Morgan fingerprint density at radius 1 is 1.69 bits per heavy atom. The topological polar surface area (TPSA) is 73.3 Å². The molecule has 1 amide bonds. The van der Waals surface area contributed by atoms with Gasteiger partial charge in [-0.2, -0.15) is 0 Å². The summed E-state index contributed by atoms with van der Waals surface area (Å²) in [5.41, 5.74) is -0.909. The van der Waals surface area contributed by atoms with Crippen LogP contribution in [0.2, 0.25) is 0 Å². The van der Waals surface area contributed by atoms with Gasteiger partial charge in [-0.1, -0.05) is 6.58 Å². The lowest BCUT2D eigenvalue weighted by molar-refractivity contribution is -0.134. The van der Waals surface area contributed by atoms with Crippen LogP contribution in [0.1, 0.15) is 0 Å². The highest BCUT2D eigenvalue weighted by Gasteiger charge is 2.51. The maximum atomic E-state index is 11.3. The number of ether oxygens (including phenoxy) is 1. The molecule has 5 heteroatoms. The van der Waals surface area contributed by atoms with E-state index in [4.69, 9.17) is 14.9 Å². The second-order valence-corrected chi connectivity index (χ2v) is 2.81. The standard InChI is InChI=1S/C8H13NO4/c1-2-7(12)9(3-4-10)8(5-11)6-13-8/h2,10-11H,1,3-6H2/t8-/m1/s1. The minimum atomic E-state index is -0.909. The van der Waals surface area contributed by atoms with Crippen molar-refractivity contribution < 1.29 is 19.7 Å². The minimum absolute atomic E-state index is 0.144. The maximum Gasteiger partial charge on any atom is 0.248 e. The summed E-state index contributed by atoms with van der Waals surface area (Å²) in [6.45, 7) is 3.36. The zero-order chi connectivity index (χ0) is 9.90. The average Bonchev–Trinajstić information content (AvgIpc) is 2.94. The van der Waals surface area contributed by atoms with Crippen molar-refractivity contribution in [1.82, 2.24) is 4.90 Å². The SMILES string of the molecule is C=CC(=O)N(CCO)[C@@]1(CO)CO1. The monoisotopic (exact) mass is 187 g/mol. The van der Waals surface area contributed by atoms with Gasteiger partial charge >= 0.3 is 0 Å². The van der Waals surface area contributed by atoms with E-state index in [9.17, 15) is 4.79 Å². The number of carbonyl (C=O) groups is 1. The second kappa shape index (κ2) is 3.87. The van der Waals surface area contributed by atoms with E-state index in [1.54, 1.807) is 0 Å². The Labute approximate surface area is 76.2 Å². The first kappa shape index (κ1) is 10.2. The van der Waals surface area contributed by atoms with Gasteiger partial charge in [0.1, 0.15) is 6.61 Å². The minimum Gasteiger partial charge on any atom is -0.395 e. The first-order valence-corrected chi connectivity index (χ1v) is 4.00. The molecule has 1 fully saturated rings. The van der Waals surface area contributed by atoms with Crippen molar-refractivity contribution in [2.75, 3.05) is 26.4 Å². The Hall–Kier alpha value is -0.910. The Balaban J connectivity index is 2.67. The van der Waals surface area contributed by atoms with Crippen LogP contribution in [0.5, 0.6) is 0 Å². The zero-order valence-electron chi connectivity index (χ0n) is 7.27. The van der Waals surface area contributed by atoms with Crippen LogP contribution < -0.4 is 0 Å². The van der Waals surface area contributed by atoms with Gasteiger partial charge in [0.25, 0.3) is 0 Å². The highest BCUT2D eigenvalue weighted by atomic mass is 16.6. The van der Waals surface area contributed by atoms with Crippen LogP contribution in [0.15, 0.2) is 12.7 Å². The number of amides is 1. The summed E-state index contributed by atoms with van der Waals surface area (Å²) in [4.78, 5) is 12.5. The van der Waals surface area contributed by atoms with Crippen LogP contribution >= 0.6 is 0 Å². The molecule has 13 heavy (non-hydrogen) atoms. The van der Waals surface area contributed by atoms with Crippen LogP contribution in [0, 0.1) is 0 Å². The van der Waals surface area contributed by atoms with Gasteiger partial charge in [-0.25, -0.2) is 0 Å². The molecule has 0 radical (unpaired) electrons. The zero-order valence-corrected chi connectivity index (χ0v) is 7.27. The molecular weight excluding hydrogens is 174 g/mol. The fourth-order valence-corrected chi connectivity index (χ4v) is 1.14. The molecule has 1 heterocycles. The summed E-state index contributed by atoms with van der Waals surface area (Å²) in [6, 6.07) is 0. The molecular formula is C8H13NO4. The van der Waals surface area contributed by atoms with E-state index < -0.39 is 5.72 Å². The number of rotatable bonds is 5. The smallest absolute Gasteiger partial charge is 0.248 e. The quantitative estimate of drug-likeness (QED) is 0.415. The van der Waals surface area contributed by atoms with E-state index >= 15 is 0 Å². The Bertz CT molecular complexity index is 212. The number of aliphatic hydroxyl groups is 2. The van der Waals surface area contributed by atoms with Gasteiger partial charge in [0.2, 0.25) is 5.91 Å². The average molecular weight is 187 g/mol. The molecule has 0 bridgehead atoms. The third-order valence-corrected chi connectivity index (χ3v) is 1.98. The largest absolute Gasteiger partial charge is 0.395 e. The molecule has 1 atom stereocenters. The molecule has 0 aromatic rings. The first-order chi connectivity index (χ1) is 6.20. The predicted octanol–water partition coefficient (Wildman–Crippen LogP) is -1.29. The Morgan fingerprint density at radius 3 is 2.62 bits per heavy atom. The predicted molar refractivity (Wildman–Crippen MR) is 44.8 cm³/mol. The molecule has 0 unspecified atom stereocenters. The fourth-order valence-electron chi connectivity index (χ4n) is 1.14. The van der Waals surface area contributed by atoms with Crippen LogP contribution in [-0.2, 0) is 9.53 Å². The van der Waals surface area contributed by atoms with Crippen molar-refractivity contribution >= 4 is 5.91 Å². The lowest BCUT2D eigenvalue weighted by Gasteiger charge is -2.25. The van der Waals surface area contributed by atoms with Crippen LogP contribution in [0.25, 0.3) is 0 Å². The Morgan fingerprint density at radius 2 is 2.31 bits per heavy atom. The summed E-state index contributed by atoms with van der Waals surface area (Å²) >= 11 is 0. The molecule has 5 nitrogen and oxygen atoms in total. The molecule has 1 aliphatic rings. The molecule has 74 valence electrons. The van der Waals surface area contributed by atoms with Crippen molar-refractivity contribution in [2.45, 2.75) is 5.72 Å². The number of nitrogens with zero attached hydrogens (tertiary/aromatic N) is 1. The van der Waals surface area contributed by atoms with Gasteiger partial charge < -0.3 is 19.8 Å². The molecule has 0 aliphatic carbocycles. The van der Waals surface area contributed by atoms with Gasteiger partial charge in [0.15, 0.2) is 5.72 Å². The van der Waals surface area contributed by atoms with Gasteiger partial charge in [0.05, 0.1) is 13.2 Å². The number of hydrogen-bond acceptors (Lipinski definition) is 4. The van der Waals surface area contributed by atoms with E-state index in [0.29, 0.717) is 6.61 Å². The second-order valence-electron chi connectivity index (χ2n) is 2.81. The summed E-state index contributed by atoms with van der Waals surface area (Å²) in [6.07, 6.45) is 1.13. The molecule has 0 aromatic carbocycles. The van der Waals surface area contributed by atoms with Gasteiger partial charge in [-0.05, 0) is 6.08 Å². The van der Waals surface area contributed by atoms with Crippen LogP contribution in [0.4, 0.5) is 0 Å². The maximum absolute atomic E-state index is 11.3. The Kier molecular flexibility index (Phi) is 3.02.